The van der Waals surface area contributed by atoms with Crippen LogP contribution in [0.5, 0.6) is 0 Å². The molecule has 1 aliphatic heterocycles. The molecule has 26 heavy (non-hydrogen) atoms. The van der Waals surface area contributed by atoms with E-state index >= 15 is 0 Å². The SMILES string of the molecule is CC1(c2ccccc2Cl)NC(=O)N(CC(=O)Nc2ccc(F)cc2)C1=O. The average Bonchev–Trinajstić information content (AvgIpc) is 2.81. The molecule has 134 valence electrons. The van der Waals surface area contributed by atoms with E-state index in [4.69, 9.17) is 11.6 Å². The number of nitrogens with zero attached hydrogens (tertiary/aromatic N) is 1. The lowest BCUT2D eigenvalue weighted by atomic mass is 9.92. The number of hydrogen-bond acceptors (Lipinski definition) is 3. The molecular formula is C18H15ClFN3O3. The standard InChI is InChI=1S/C18H15ClFN3O3/c1-18(13-4-2-3-5-14(13)19)16(25)23(17(26)22-18)10-15(24)21-12-8-6-11(20)7-9-12/h2-9H,10H2,1H3,(H,21,24)(H,22,26). The summed E-state index contributed by atoms with van der Waals surface area (Å²) >= 11 is 6.15. The third-order valence-electron chi connectivity index (χ3n) is 4.12. The lowest BCUT2D eigenvalue weighted by Gasteiger charge is -2.23. The number of halogens is 2. The fraction of sp³-hybridized carbons (Fsp3) is 0.167. The molecule has 1 atom stereocenters. The Balaban J connectivity index is 1.76. The minimum Gasteiger partial charge on any atom is -0.325 e. The molecule has 1 heterocycles. The Morgan fingerprint density at radius 3 is 2.50 bits per heavy atom. The highest BCUT2D eigenvalue weighted by molar-refractivity contribution is 6.32. The average molecular weight is 376 g/mol. The molecule has 0 aliphatic carbocycles. The predicted molar refractivity (Wildman–Crippen MR) is 94.1 cm³/mol. The summed E-state index contributed by atoms with van der Waals surface area (Å²) in [6.07, 6.45) is 0. The number of imide groups is 1. The molecule has 1 fully saturated rings. The van der Waals surface area contributed by atoms with Crippen LogP contribution in [0, 0.1) is 5.82 Å². The molecule has 0 saturated carbocycles. The van der Waals surface area contributed by atoms with Crippen molar-refractivity contribution in [3.8, 4) is 0 Å². The van der Waals surface area contributed by atoms with Gasteiger partial charge in [-0.25, -0.2) is 9.18 Å². The van der Waals surface area contributed by atoms with Gasteiger partial charge in [0.15, 0.2) is 0 Å². The molecule has 0 aromatic heterocycles. The minimum absolute atomic E-state index is 0.335. The van der Waals surface area contributed by atoms with Crippen LogP contribution in [0.25, 0.3) is 0 Å². The van der Waals surface area contributed by atoms with Crippen LogP contribution >= 0.6 is 11.6 Å². The van der Waals surface area contributed by atoms with Crippen LogP contribution in [0.1, 0.15) is 12.5 Å². The van der Waals surface area contributed by atoms with Gasteiger partial charge in [-0.05, 0) is 37.3 Å². The molecule has 0 spiro atoms. The minimum atomic E-state index is -1.36. The van der Waals surface area contributed by atoms with Gasteiger partial charge in [-0.2, -0.15) is 0 Å². The topological polar surface area (TPSA) is 78.5 Å². The molecular weight excluding hydrogens is 361 g/mol. The van der Waals surface area contributed by atoms with Crippen LogP contribution in [0.4, 0.5) is 14.9 Å². The van der Waals surface area contributed by atoms with Crippen LogP contribution in [0.3, 0.4) is 0 Å². The maximum absolute atomic E-state index is 12.9. The van der Waals surface area contributed by atoms with Crippen molar-refractivity contribution in [3.63, 3.8) is 0 Å². The molecule has 3 rings (SSSR count). The second-order valence-electron chi connectivity index (χ2n) is 5.98. The Morgan fingerprint density at radius 2 is 1.85 bits per heavy atom. The van der Waals surface area contributed by atoms with Crippen molar-refractivity contribution < 1.29 is 18.8 Å². The summed E-state index contributed by atoms with van der Waals surface area (Å²) in [6, 6.07) is 11.1. The Kier molecular flexibility index (Phi) is 4.65. The molecule has 4 amide bonds. The number of hydrogen-bond donors (Lipinski definition) is 2. The molecule has 1 saturated heterocycles. The Morgan fingerprint density at radius 1 is 1.19 bits per heavy atom. The number of anilines is 1. The first-order valence-corrected chi connectivity index (χ1v) is 8.13. The normalized spacial score (nSPS) is 19.4. The molecule has 1 aliphatic rings. The fourth-order valence-corrected chi connectivity index (χ4v) is 3.09. The van der Waals surface area contributed by atoms with Crippen molar-refractivity contribution in [2.45, 2.75) is 12.5 Å². The zero-order valence-electron chi connectivity index (χ0n) is 13.8. The van der Waals surface area contributed by atoms with Crippen molar-refractivity contribution in [1.29, 1.82) is 0 Å². The highest BCUT2D eigenvalue weighted by Crippen LogP contribution is 2.33. The number of benzene rings is 2. The molecule has 2 N–H and O–H groups in total. The summed E-state index contributed by atoms with van der Waals surface area (Å²) in [7, 11) is 0. The number of carbonyl (C=O) groups is 3. The lowest BCUT2D eigenvalue weighted by Crippen LogP contribution is -2.42. The predicted octanol–water partition coefficient (Wildman–Crippen LogP) is 2.88. The zero-order chi connectivity index (χ0) is 18.9. The van der Waals surface area contributed by atoms with Gasteiger partial charge in [0.2, 0.25) is 5.91 Å². The second kappa shape index (κ2) is 6.76. The monoisotopic (exact) mass is 375 g/mol. The van der Waals surface area contributed by atoms with E-state index < -0.39 is 35.7 Å². The van der Waals surface area contributed by atoms with Gasteiger partial charge in [0, 0.05) is 16.3 Å². The lowest BCUT2D eigenvalue weighted by molar-refractivity contribution is -0.133. The maximum atomic E-state index is 12.9. The highest BCUT2D eigenvalue weighted by atomic mass is 35.5. The first-order chi connectivity index (χ1) is 12.3. The summed E-state index contributed by atoms with van der Waals surface area (Å²) in [5, 5.41) is 5.43. The van der Waals surface area contributed by atoms with Crippen LogP contribution < -0.4 is 10.6 Å². The van der Waals surface area contributed by atoms with E-state index in [0.29, 0.717) is 16.3 Å². The van der Waals surface area contributed by atoms with Gasteiger partial charge >= 0.3 is 6.03 Å². The first kappa shape index (κ1) is 17.9. The summed E-state index contributed by atoms with van der Waals surface area (Å²) in [5.74, 6) is -1.60. The number of rotatable bonds is 4. The highest BCUT2D eigenvalue weighted by Gasteiger charge is 2.50. The van der Waals surface area contributed by atoms with E-state index in [9.17, 15) is 18.8 Å². The number of amides is 4. The molecule has 0 bridgehead atoms. The summed E-state index contributed by atoms with van der Waals surface area (Å²) < 4.78 is 12.9. The van der Waals surface area contributed by atoms with Crippen LogP contribution in [-0.4, -0.2) is 29.3 Å². The van der Waals surface area contributed by atoms with E-state index in [1.165, 1.54) is 31.2 Å². The number of carbonyl (C=O) groups excluding carboxylic acids is 3. The van der Waals surface area contributed by atoms with Crippen molar-refractivity contribution in [3.05, 3.63) is 64.9 Å². The molecule has 2 aromatic carbocycles. The van der Waals surface area contributed by atoms with Crippen molar-refractivity contribution in [2.24, 2.45) is 0 Å². The number of urea groups is 1. The van der Waals surface area contributed by atoms with Gasteiger partial charge in [0.1, 0.15) is 17.9 Å². The van der Waals surface area contributed by atoms with E-state index in [1.54, 1.807) is 24.3 Å². The van der Waals surface area contributed by atoms with Gasteiger partial charge in [-0.15, -0.1) is 0 Å². The van der Waals surface area contributed by atoms with Crippen molar-refractivity contribution in [2.75, 3.05) is 11.9 Å². The Bertz CT molecular complexity index is 888. The van der Waals surface area contributed by atoms with Crippen LogP contribution in [0.15, 0.2) is 48.5 Å². The van der Waals surface area contributed by atoms with Crippen molar-refractivity contribution >= 4 is 35.1 Å². The van der Waals surface area contributed by atoms with E-state index in [0.717, 1.165) is 4.90 Å². The smallest absolute Gasteiger partial charge is 0.325 e. The molecule has 0 radical (unpaired) electrons. The van der Waals surface area contributed by atoms with E-state index in [-0.39, 0.29) is 0 Å². The summed E-state index contributed by atoms with van der Waals surface area (Å²) in [6.45, 7) is 1.06. The van der Waals surface area contributed by atoms with Gasteiger partial charge in [0.05, 0.1) is 0 Å². The van der Waals surface area contributed by atoms with E-state index in [1.807, 2.05) is 0 Å². The number of nitrogens with one attached hydrogen (secondary N) is 2. The van der Waals surface area contributed by atoms with Gasteiger partial charge in [-0.1, -0.05) is 29.8 Å². The third kappa shape index (κ3) is 3.25. The first-order valence-electron chi connectivity index (χ1n) is 7.76. The molecule has 2 aromatic rings. The van der Waals surface area contributed by atoms with Crippen LogP contribution in [-0.2, 0) is 15.1 Å². The van der Waals surface area contributed by atoms with E-state index in [2.05, 4.69) is 10.6 Å². The Hall–Kier alpha value is -2.93. The molecule has 1 unspecified atom stereocenters. The summed E-state index contributed by atoms with van der Waals surface area (Å²) in [5.41, 5.74) is -0.551. The zero-order valence-corrected chi connectivity index (χ0v) is 14.5. The van der Waals surface area contributed by atoms with Gasteiger partial charge in [-0.3, -0.25) is 14.5 Å². The quantitative estimate of drug-likeness (QED) is 0.806. The largest absolute Gasteiger partial charge is 0.325 e. The van der Waals surface area contributed by atoms with Gasteiger partial charge in [0.25, 0.3) is 5.91 Å². The van der Waals surface area contributed by atoms with Crippen molar-refractivity contribution in [1.82, 2.24) is 10.2 Å². The van der Waals surface area contributed by atoms with Crippen LogP contribution in [0.2, 0.25) is 5.02 Å². The Labute approximate surface area is 153 Å². The molecule has 6 nitrogen and oxygen atoms in total. The second-order valence-corrected chi connectivity index (χ2v) is 6.39. The maximum Gasteiger partial charge on any atom is 0.325 e. The third-order valence-corrected chi connectivity index (χ3v) is 4.45. The van der Waals surface area contributed by atoms with Gasteiger partial charge < -0.3 is 10.6 Å². The summed E-state index contributed by atoms with van der Waals surface area (Å²) in [4.78, 5) is 38.0. The molecule has 8 heteroatoms. The fourth-order valence-electron chi connectivity index (χ4n) is 2.77.